The Bertz CT molecular complexity index is 1130. The molecule has 0 spiro atoms. The van der Waals surface area contributed by atoms with Gasteiger partial charge < -0.3 is 19.5 Å². The summed E-state index contributed by atoms with van der Waals surface area (Å²) < 4.78 is 55.5. The molecule has 1 aliphatic rings. The van der Waals surface area contributed by atoms with Crippen LogP contribution in [0.3, 0.4) is 0 Å². The van der Waals surface area contributed by atoms with Crippen molar-refractivity contribution in [3.63, 3.8) is 0 Å². The number of halogens is 3. The highest BCUT2D eigenvalue weighted by molar-refractivity contribution is 5.93. The second-order valence-electron chi connectivity index (χ2n) is 6.18. The first kappa shape index (κ1) is 19.5. The maximum Gasteiger partial charge on any atom is 0.416 e. The lowest BCUT2D eigenvalue weighted by atomic mass is 10.2. The zero-order valence-electron chi connectivity index (χ0n) is 15.8. The van der Waals surface area contributed by atoms with Gasteiger partial charge in [-0.3, -0.25) is 0 Å². The molecule has 1 aromatic heterocycles. The first-order valence-electron chi connectivity index (χ1n) is 8.66. The lowest BCUT2D eigenvalue weighted by molar-refractivity contribution is -0.137. The number of aromatic nitrogens is 2. The molecule has 4 rings (SSSR count). The summed E-state index contributed by atoms with van der Waals surface area (Å²) >= 11 is 0. The third kappa shape index (κ3) is 3.71. The van der Waals surface area contributed by atoms with Gasteiger partial charge in [0, 0.05) is 24.0 Å². The molecule has 0 bridgehead atoms. The van der Waals surface area contributed by atoms with Gasteiger partial charge in [0.1, 0.15) is 23.6 Å². The molecular weight excluding hydrogens is 401 g/mol. The van der Waals surface area contributed by atoms with Crippen LogP contribution in [0.2, 0.25) is 0 Å². The molecule has 0 saturated carbocycles. The van der Waals surface area contributed by atoms with E-state index < -0.39 is 11.7 Å². The van der Waals surface area contributed by atoms with Crippen LogP contribution in [-0.2, 0) is 6.18 Å². The third-order valence-electron chi connectivity index (χ3n) is 4.30. The molecule has 30 heavy (non-hydrogen) atoms. The zero-order chi connectivity index (χ0) is 21.3. The van der Waals surface area contributed by atoms with Crippen LogP contribution in [0.25, 0.3) is 0 Å². The molecule has 2 heterocycles. The Kier molecular flexibility index (Phi) is 4.90. The molecule has 0 saturated heterocycles. The van der Waals surface area contributed by atoms with Crippen molar-refractivity contribution in [2.24, 2.45) is 4.99 Å². The highest BCUT2D eigenvalue weighted by Gasteiger charge is 2.30. The molecule has 0 aliphatic carbocycles. The van der Waals surface area contributed by atoms with Crippen molar-refractivity contribution in [2.45, 2.75) is 6.18 Å². The van der Waals surface area contributed by atoms with Gasteiger partial charge in [-0.15, -0.1) is 0 Å². The third-order valence-corrected chi connectivity index (χ3v) is 4.30. The molecule has 0 atom stereocenters. The Hall–Kier alpha value is -3.82. The van der Waals surface area contributed by atoms with Crippen molar-refractivity contribution in [1.82, 2.24) is 9.97 Å². The Balaban J connectivity index is 1.73. The van der Waals surface area contributed by atoms with Crippen LogP contribution < -0.4 is 19.5 Å². The highest BCUT2D eigenvalue weighted by Crippen LogP contribution is 2.43. The van der Waals surface area contributed by atoms with E-state index in [1.54, 1.807) is 12.1 Å². The van der Waals surface area contributed by atoms with E-state index in [-0.39, 0.29) is 23.1 Å². The minimum absolute atomic E-state index is 0.129. The molecule has 1 N–H and O–H groups in total. The number of ether oxygens (including phenoxy) is 3. The normalized spacial score (nSPS) is 12.3. The number of anilines is 2. The smallest absolute Gasteiger partial charge is 0.416 e. The number of aliphatic imine (C=N–C) groups is 1. The monoisotopic (exact) mass is 416 g/mol. The summed E-state index contributed by atoms with van der Waals surface area (Å²) in [4.78, 5) is 12.6. The average molecular weight is 416 g/mol. The molecule has 2 aromatic carbocycles. The maximum atomic E-state index is 13.0. The number of hydrogen-bond donors (Lipinski definition) is 1. The predicted octanol–water partition coefficient (Wildman–Crippen LogP) is 5.11. The van der Waals surface area contributed by atoms with Gasteiger partial charge in [-0.2, -0.15) is 18.2 Å². The van der Waals surface area contributed by atoms with E-state index in [0.29, 0.717) is 22.8 Å². The van der Waals surface area contributed by atoms with Crippen molar-refractivity contribution in [1.29, 1.82) is 0 Å². The molecule has 7 nitrogen and oxygen atoms in total. The molecule has 0 unspecified atom stereocenters. The predicted molar refractivity (Wildman–Crippen MR) is 104 cm³/mol. The number of alkyl halides is 3. The Labute approximate surface area is 169 Å². The van der Waals surface area contributed by atoms with Crippen LogP contribution >= 0.6 is 0 Å². The Morgan fingerprint density at radius 2 is 1.87 bits per heavy atom. The van der Waals surface area contributed by atoms with E-state index in [1.807, 2.05) is 0 Å². The number of rotatable bonds is 4. The standard InChI is InChI=1S/C20H15F3N4O3/c1-28-13-7-15(29-2)14-9-24-17-18(25-10-26-19(17)30-16(14)8-13)27-12-5-3-4-11(6-12)20(21,22)23/h3-10H,1-2H3,(H,25,26,27). The van der Waals surface area contributed by atoms with Gasteiger partial charge in [0.15, 0.2) is 11.5 Å². The number of hydrogen-bond acceptors (Lipinski definition) is 7. The van der Waals surface area contributed by atoms with Crippen LogP contribution in [0.15, 0.2) is 47.7 Å². The van der Waals surface area contributed by atoms with Crippen molar-refractivity contribution in [2.75, 3.05) is 19.5 Å². The summed E-state index contributed by atoms with van der Waals surface area (Å²) in [5, 5.41) is 2.85. The largest absolute Gasteiger partial charge is 0.496 e. The maximum absolute atomic E-state index is 13.0. The van der Waals surface area contributed by atoms with Crippen LogP contribution in [0, 0.1) is 0 Å². The van der Waals surface area contributed by atoms with Crippen molar-refractivity contribution >= 4 is 23.4 Å². The van der Waals surface area contributed by atoms with E-state index in [0.717, 1.165) is 12.1 Å². The average Bonchev–Trinajstić information content (AvgIpc) is 2.92. The van der Waals surface area contributed by atoms with Crippen LogP contribution in [-0.4, -0.2) is 30.4 Å². The summed E-state index contributed by atoms with van der Waals surface area (Å²) in [6.45, 7) is 0. The second-order valence-corrected chi connectivity index (χ2v) is 6.18. The summed E-state index contributed by atoms with van der Waals surface area (Å²) in [5.74, 6) is 1.71. The van der Waals surface area contributed by atoms with E-state index in [2.05, 4.69) is 20.3 Å². The molecule has 0 fully saturated rings. The highest BCUT2D eigenvalue weighted by atomic mass is 19.4. The molecule has 10 heteroatoms. The van der Waals surface area contributed by atoms with Gasteiger partial charge >= 0.3 is 6.18 Å². The first-order chi connectivity index (χ1) is 14.4. The van der Waals surface area contributed by atoms with Crippen molar-refractivity contribution < 1.29 is 27.4 Å². The molecule has 0 radical (unpaired) electrons. The van der Waals surface area contributed by atoms with Crippen LogP contribution in [0.1, 0.15) is 11.1 Å². The lowest BCUT2D eigenvalue weighted by Gasteiger charge is -2.13. The fraction of sp³-hybridized carbons (Fsp3) is 0.150. The summed E-state index contributed by atoms with van der Waals surface area (Å²) in [6, 6.07) is 8.10. The number of nitrogens with one attached hydrogen (secondary N) is 1. The summed E-state index contributed by atoms with van der Waals surface area (Å²) in [7, 11) is 3.01. The fourth-order valence-electron chi connectivity index (χ4n) is 2.86. The molecule has 1 aliphatic heterocycles. The minimum atomic E-state index is -4.46. The first-order valence-corrected chi connectivity index (χ1v) is 8.66. The van der Waals surface area contributed by atoms with E-state index in [1.165, 1.54) is 38.9 Å². The Morgan fingerprint density at radius 1 is 1.03 bits per heavy atom. The number of methoxy groups -OCH3 is 2. The van der Waals surface area contributed by atoms with Crippen molar-refractivity contribution in [3.05, 3.63) is 53.9 Å². The van der Waals surface area contributed by atoms with Gasteiger partial charge in [-0.25, -0.2) is 9.98 Å². The van der Waals surface area contributed by atoms with Crippen LogP contribution in [0.5, 0.6) is 23.1 Å². The number of fused-ring (bicyclic) bond motifs is 2. The van der Waals surface area contributed by atoms with Crippen molar-refractivity contribution in [3.8, 4) is 23.1 Å². The number of nitrogens with zero attached hydrogens (tertiary/aromatic N) is 3. The van der Waals surface area contributed by atoms with E-state index in [9.17, 15) is 13.2 Å². The molecule has 3 aromatic rings. The molecular formula is C20H15F3N4O3. The summed E-state index contributed by atoms with van der Waals surface area (Å²) in [5.41, 5.74) is 0.201. The second kappa shape index (κ2) is 7.54. The van der Waals surface area contributed by atoms with Gasteiger partial charge in [-0.05, 0) is 18.2 Å². The lowest BCUT2D eigenvalue weighted by Crippen LogP contribution is -2.05. The topological polar surface area (TPSA) is 77.9 Å². The Morgan fingerprint density at radius 3 is 2.60 bits per heavy atom. The summed E-state index contributed by atoms with van der Waals surface area (Å²) in [6.07, 6.45) is -1.72. The van der Waals surface area contributed by atoms with Crippen LogP contribution in [0.4, 0.5) is 30.4 Å². The van der Waals surface area contributed by atoms with Gasteiger partial charge in [0.25, 0.3) is 5.88 Å². The molecule has 0 amide bonds. The van der Waals surface area contributed by atoms with Gasteiger partial charge in [-0.1, -0.05) is 6.07 Å². The quantitative estimate of drug-likeness (QED) is 0.498. The molecule has 154 valence electrons. The zero-order valence-corrected chi connectivity index (χ0v) is 15.8. The fourth-order valence-corrected chi connectivity index (χ4v) is 2.86. The number of benzene rings is 2. The van der Waals surface area contributed by atoms with Gasteiger partial charge in [0.05, 0.1) is 25.3 Å². The SMILES string of the molecule is COc1cc(OC)c2c(c1)Oc1ncnc(Nc3cccc(C(F)(F)F)c3)c1N=C2. The minimum Gasteiger partial charge on any atom is -0.496 e. The van der Waals surface area contributed by atoms with E-state index >= 15 is 0 Å². The van der Waals surface area contributed by atoms with E-state index in [4.69, 9.17) is 14.2 Å². The van der Waals surface area contributed by atoms with Gasteiger partial charge in [0.2, 0.25) is 0 Å².